The van der Waals surface area contributed by atoms with Crippen LogP contribution < -0.4 is 10.6 Å². The normalized spacial score (nSPS) is 13.5. The zero-order chi connectivity index (χ0) is 16.4. The van der Waals surface area contributed by atoms with Gasteiger partial charge in [-0.2, -0.15) is 0 Å². The lowest BCUT2D eigenvalue weighted by Crippen LogP contribution is -2.39. The first-order valence-corrected chi connectivity index (χ1v) is 8.31. The second kappa shape index (κ2) is 10.3. The largest absolute Gasteiger partial charge is 0.378 e. The van der Waals surface area contributed by atoms with Gasteiger partial charge in [0.1, 0.15) is 0 Å². The van der Waals surface area contributed by atoms with Gasteiger partial charge in [-0.25, -0.2) is 4.99 Å². The molecular formula is C17H32N4O. The number of aryl methyl sites for hydroxylation is 1. The summed E-state index contributed by atoms with van der Waals surface area (Å²) in [6, 6.07) is 2.09. The molecular weight excluding hydrogens is 276 g/mol. The molecule has 1 unspecified atom stereocenters. The predicted octanol–water partition coefficient (Wildman–Crippen LogP) is 2.53. The molecule has 5 heteroatoms. The summed E-state index contributed by atoms with van der Waals surface area (Å²) in [6.45, 7) is 11.7. The molecule has 1 atom stereocenters. The number of hydrogen-bond donors (Lipinski definition) is 2. The summed E-state index contributed by atoms with van der Waals surface area (Å²) in [5, 5.41) is 6.68. The van der Waals surface area contributed by atoms with Gasteiger partial charge in [-0.15, -0.1) is 0 Å². The maximum Gasteiger partial charge on any atom is 0.191 e. The van der Waals surface area contributed by atoms with Crippen molar-refractivity contribution in [3.8, 4) is 0 Å². The van der Waals surface area contributed by atoms with Crippen LogP contribution in [-0.2, 0) is 18.3 Å². The number of hydrogen-bond acceptors (Lipinski definition) is 2. The fraction of sp³-hybridized carbons (Fsp3) is 0.706. The van der Waals surface area contributed by atoms with Crippen molar-refractivity contribution in [2.45, 2.75) is 46.8 Å². The third kappa shape index (κ3) is 6.98. The Bertz CT molecular complexity index is 440. The average Bonchev–Trinajstić information content (AvgIpc) is 2.89. The molecule has 0 aliphatic heterocycles. The predicted molar refractivity (Wildman–Crippen MR) is 93.1 cm³/mol. The van der Waals surface area contributed by atoms with Crippen molar-refractivity contribution in [2.24, 2.45) is 18.0 Å². The van der Waals surface area contributed by atoms with Crippen molar-refractivity contribution in [2.75, 3.05) is 19.7 Å². The number of ether oxygens (including phenoxy) is 1. The molecule has 0 spiro atoms. The standard InChI is InChI=1S/C17H32N4O/c1-6-18-17(20-12-15-9-11-21(5)13-15)19-10-8-16(14(3)4)22-7-2/h9,11,13-14,16H,6-8,10,12H2,1-5H3,(H2,18,19,20). The van der Waals surface area contributed by atoms with E-state index in [-0.39, 0.29) is 0 Å². The highest BCUT2D eigenvalue weighted by molar-refractivity contribution is 5.79. The molecule has 0 saturated carbocycles. The Kier molecular flexibility index (Phi) is 8.67. The fourth-order valence-corrected chi connectivity index (χ4v) is 2.32. The lowest BCUT2D eigenvalue weighted by Gasteiger charge is -2.21. The van der Waals surface area contributed by atoms with Gasteiger partial charge in [0.25, 0.3) is 0 Å². The summed E-state index contributed by atoms with van der Waals surface area (Å²) >= 11 is 0. The van der Waals surface area contributed by atoms with E-state index in [2.05, 4.69) is 48.7 Å². The fourth-order valence-electron chi connectivity index (χ4n) is 2.32. The molecule has 1 rings (SSSR count). The minimum Gasteiger partial charge on any atom is -0.378 e. The number of aromatic nitrogens is 1. The van der Waals surface area contributed by atoms with Crippen molar-refractivity contribution < 1.29 is 4.74 Å². The first-order chi connectivity index (χ1) is 10.6. The van der Waals surface area contributed by atoms with Crippen LogP contribution >= 0.6 is 0 Å². The maximum atomic E-state index is 5.77. The van der Waals surface area contributed by atoms with Gasteiger partial charge in [-0.3, -0.25) is 0 Å². The number of aliphatic imine (C=N–C) groups is 1. The Hall–Kier alpha value is -1.49. The molecule has 0 bridgehead atoms. The van der Waals surface area contributed by atoms with Crippen LogP contribution in [0.4, 0.5) is 0 Å². The van der Waals surface area contributed by atoms with Gasteiger partial charge < -0.3 is 19.9 Å². The van der Waals surface area contributed by atoms with Crippen molar-refractivity contribution in [1.82, 2.24) is 15.2 Å². The first kappa shape index (κ1) is 18.6. The monoisotopic (exact) mass is 308 g/mol. The molecule has 1 aromatic heterocycles. The molecule has 126 valence electrons. The zero-order valence-corrected chi connectivity index (χ0v) is 14.7. The van der Waals surface area contributed by atoms with Gasteiger partial charge in [0.2, 0.25) is 0 Å². The van der Waals surface area contributed by atoms with Gasteiger partial charge in [0, 0.05) is 39.1 Å². The van der Waals surface area contributed by atoms with E-state index in [4.69, 9.17) is 4.74 Å². The number of guanidine groups is 1. The van der Waals surface area contributed by atoms with E-state index in [9.17, 15) is 0 Å². The molecule has 0 aromatic carbocycles. The summed E-state index contributed by atoms with van der Waals surface area (Å²) in [7, 11) is 2.02. The van der Waals surface area contributed by atoms with E-state index in [1.807, 2.05) is 24.7 Å². The van der Waals surface area contributed by atoms with E-state index in [1.54, 1.807) is 0 Å². The van der Waals surface area contributed by atoms with Crippen LogP contribution in [0.25, 0.3) is 0 Å². The summed E-state index contributed by atoms with van der Waals surface area (Å²) in [6.07, 6.45) is 5.42. The molecule has 0 saturated heterocycles. The van der Waals surface area contributed by atoms with Gasteiger partial charge in [-0.05, 0) is 37.8 Å². The molecule has 0 aliphatic rings. The van der Waals surface area contributed by atoms with Crippen LogP contribution in [0.1, 0.15) is 39.7 Å². The molecule has 2 N–H and O–H groups in total. The highest BCUT2D eigenvalue weighted by Crippen LogP contribution is 2.09. The highest BCUT2D eigenvalue weighted by atomic mass is 16.5. The van der Waals surface area contributed by atoms with Crippen molar-refractivity contribution in [3.63, 3.8) is 0 Å². The third-order valence-electron chi connectivity index (χ3n) is 3.50. The van der Waals surface area contributed by atoms with Gasteiger partial charge in [-0.1, -0.05) is 13.8 Å². The van der Waals surface area contributed by atoms with Crippen LogP contribution in [0.15, 0.2) is 23.5 Å². The van der Waals surface area contributed by atoms with Crippen LogP contribution in [0.2, 0.25) is 0 Å². The summed E-state index contributed by atoms with van der Waals surface area (Å²) in [4.78, 5) is 4.63. The quantitative estimate of drug-likeness (QED) is 0.544. The molecule has 0 amide bonds. The lowest BCUT2D eigenvalue weighted by atomic mass is 10.0. The van der Waals surface area contributed by atoms with Crippen LogP contribution in [-0.4, -0.2) is 36.3 Å². The molecule has 0 fully saturated rings. The Labute approximate surface area is 135 Å². The Morgan fingerprint density at radius 3 is 2.64 bits per heavy atom. The molecule has 22 heavy (non-hydrogen) atoms. The van der Waals surface area contributed by atoms with Gasteiger partial charge in [0.05, 0.1) is 12.6 Å². The first-order valence-electron chi connectivity index (χ1n) is 8.31. The Balaban J connectivity index is 2.45. The third-order valence-corrected chi connectivity index (χ3v) is 3.50. The lowest BCUT2D eigenvalue weighted by molar-refractivity contribution is 0.0258. The average molecular weight is 308 g/mol. The van der Waals surface area contributed by atoms with Crippen molar-refractivity contribution >= 4 is 5.96 Å². The second-order valence-electron chi connectivity index (χ2n) is 5.83. The number of rotatable bonds is 9. The summed E-state index contributed by atoms with van der Waals surface area (Å²) < 4.78 is 7.82. The summed E-state index contributed by atoms with van der Waals surface area (Å²) in [5.74, 6) is 1.40. The highest BCUT2D eigenvalue weighted by Gasteiger charge is 2.12. The van der Waals surface area contributed by atoms with E-state index < -0.39 is 0 Å². The SMILES string of the molecule is CCNC(=NCc1ccn(C)c1)NCCC(OCC)C(C)C. The van der Waals surface area contributed by atoms with Gasteiger partial charge >= 0.3 is 0 Å². The topological polar surface area (TPSA) is 50.6 Å². The number of nitrogens with zero attached hydrogens (tertiary/aromatic N) is 2. The zero-order valence-electron chi connectivity index (χ0n) is 14.7. The maximum absolute atomic E-state index is 5.77. The van der Waals surface area contributed by atoms with E-state index in [1.165, 1.54) is 5.56 Å². The molecule has 5 nitrogen and oxygen atoms in total. The smallest absolute Gasteiger partial charge is 0.191 e. The van der Waals surface area contributed by atoms with E-state index in [0.29, 0.717) is 18.6 Å². The van der Waals surface area contributed by atoms with Crippen LogP contribution in [0.5, 0.6) is 0 Å². The molecule has 0 radical (unpaired) electrons. The Morgan fingerprint density at radius 1 is 1.32 bits per heavy atom. The van der Waals surface area contributed by atoms with E-state index in [0.717, 1.165) is 32.1 Å². The summed E-state index contributed by atoms with van der Waals surface area (Å²) in [5.41, 5.74) is 1.22. The minimum atomic E-state index is 0.300. The molecule has 1 heterocycles. The minimum absolute atomic E-state index is 0.300. The van der Waals surface area contributed by atoms with Gasteiger partial charge in [0.15, 0.2) is 5.96 Å². The second-order valence-corrected chi connectivity index (χ2v) is 5.83. The Morgan fingerprint density at radius 2 is 2.09 bits per heavy atom. The molecule has 0 aliphatic carbocycles. The number of nitrogens with one attached hydrogen (secondary N) is 2. The van der Waals surface area contributed by atoms with E-state index >= 15 is 0 Å². The van der Waals surface area contributed by atoms with Crippen LogP contribution in [0, 0.1) is 5.92 Å². The van der Waals surface area contributed by atoms with Crippen LogP contribution in [0.3, 0.4) is 0 Å². The van der Waals surface area contributed by atoms with Crippen molar-refractivity contribution in [1.29, 1.82) is 0 Å². The van der Waals surface area contributed by atoms with Crippen molar-refractivity contribution in [3.05, 3.63) is 24.0 Å². The molecule has 1 aromatic rings.